The van der Waals surface area contributed by atoms with E-state index < -0.39 is 0 Å². The van der Waals surface area contributed by atoms with E-state index in [1.54, 1.807) is 19.2 Å². The average molecular weight is 372 g/mol. The number of hydrogen-bond donors (Lipinski definition) is 1. The maximum absolute atomic E-state index is 13.4. The molecule has 1 aliphatic heterocycles. The number of aliphatic hydroxyl groups is 1. The molecule has 0 spiro atoms. The van der Waals surface area contributed by atoms with Gasteiger partial charge in [-0.15, -0.1) is 0 Å². The van der Waals surface area contributed by atoms with Gasteiger partial charge in [0.2, 0.25) is 0 Å². The zero-order valence-corrected chi connectivity index (χ0v) is 16.2. The van der Waals surface area contributed by atoms with Gasteiger partial charge in [0.25, 0.3) is 0 Å². The Bertz CT molecular complexity index is 753. The molecule has 27 heavy (non-hydrogen) atoms. The van der Waals surface area contributed by atoms with Crippen molar-refractivity contribution in [2.75, 3.05) is 33.4 Å². The fraction of sp³-hybridized carbons (Fsp3) is 0.455. The second-order valence-corrected chi connectivity index (χ2v) is 7.31. The molecule has 1 N–H and O–H groups in total. The van der Waals surface area contributed by atoms with Crippen molar-refractivity contribution >= 4 is 0 Å². The van der Waals surface area contributed by atoms with Crippen LogP contribution in [0.1, 0.15) is 23.1 Å². The van der Waals surface area contributed by atoms with E-state index in [1.165, 1.54) is 11.6 Å². The molecule has 3 rings (SSSR count). The summed E-state index contributed by atoms with van der Waals surface area (Å²) in [7, 11) is 1.69. The van der Waals surface area contributed by atoms with Crippen molar-refractivity contribution in [2.45, 2.75) is 32.5 Å². The Labute approximate surface area is 161 Å². The van der Waals surface area contributed by atoms with E-state index in [2.05, 4.69) is 28.9 Å². The molecule has 0 amide bonds. The number of aryl methyl sites for hydroxylation is 1. The minimum absolute atomic E-state index is 0.177. The van der Waals surface area contributed by atoms with Gasteiger partial charge in [0.1, 0.15) is 11.6 Å². The van der Waals surface area contributed by atoms with E-state index in [1.807, 2.05) is 12.1 Å². The van der Waals surface area contributed by atoms with Crippen molar-refractivity contribution in [3.8, 4) is 5.75 Å². The molecule has 1 unspecified atom stereocenters. The fourth-order valence-corrected chi connectivity index (χ4v) is 3.90. The standard InChI is InChI=1S/C22H29FN2O2/c1-17-12-19(6-7-22(17)27-2)15-25-10-9-24(16-21(25)8-11-26)14-18-4-3-5-20(23)13-18/h3-7,12-13,21,26H,8-11,14-16H2,1-2H3. The van der Waals surface area contributed by atoms with Gasteiger partial charge in [-0.25, -0.2) is 4.39 Å². The molecule has 0 aliphatic carbocycles. The Balaban J connectivity index is 1.64. The van der Waals surface area contributed by atoms with Crippen LogP contribution in [0.2, 0.25) is 0 Å². The van der Waals surface area contributed by atoms with Gasteiger partial charge < -0.3 is 9.84 Å². The van der Waals surface area contributed by atoms with Crippen LogP contribution in [0.25, 0.3) is 0 Å². The molecular formula is C22H29FN2O2. The number of rotatable bonds is 7. The van der Waals surface area contributed by atoms with Gasteiger partial charge in [-0.05, 0) is 48.2 Å². The van der Waals surface area contributed by atoms with Gasteiger partial charge >= 0.3 is 0 Å². The molecule has 146 valence electrons. The van der Waals surface area contributed by atoms with Crippen molar-refractivity contribution in [1.29, 1.82) is 0 Å². The number of halogens is 1. The Kier molecular flexibility index (Phi) is 6.83. The third-order valence-electron chi connectivity index (χ3n) is 5.29. The lowest BCUT2D eigenvalue weighted by Crippen LogP contribution is -2.52. The summed E-state index contributed by atoms with van der Waals surface area (Å²) in [5.74, 6) is 0.721. The third-order valence-corrected chi connectivity index (χ3v) is 5.29. The highest BCUT2D eigenvalue weighted by Gasteiger charge is 2.26. The molecule has 5 heteroatoms. The molecule has 0 bridgehead atoms. The fourth-order valence-electron chi connectivity index (χ4n) is 3.90. The largest absolute Gasteiger partial charge is 0.496 e. The lowest BCUT2D eigenvalue weighted by molar-refractivity contribution is 0.0499. The van der Waals surface area contributed by atoms with Crippen molar-refractivity contribution in [3.63, 3.8) is 0 Å². The summed E-state index contributed by atoms with van der Waals surface area (Å²) in [6.07, 6.45) is 0.745. The minimum Gasteiger partial charge on any atom is -0.496 e. The predicted molar refractivity (Wildman–Crippen MR) is 105 cm³/mol. The van der Waals surface area contributed by atoms with Crippen molar-refractivity contribution in [3.05, 3.63) is 65.0 Å². The maximum atomic E-state index is 13.4. The van der Waals surface area contributed by atoms with Gasteiger partial charge in [-0.1, -0.05) is 24.3 Å². The number of nitrogens with zero attached hydrogens (tertiary/aromatic N) is 2. The Morgan fingerprint density at radius 2 is 1.93 bits per heavy atom. The number of aliphatic hydroxyl groups excluding tert-OH is 1. The Hall–Kier alpha value is -1.95. The summed E-state index contributed by atoms with van der Waals surface area (Å²) in [4.78, 5) is 4.80. The smallest absolute Gasteiger partial charge is 0.123 e. The van der Waals surface area contributed by atoms with Crippen molar-refractivity contribution in [2.24, 2.45) is 0 Å². The monoisotopic (exact) mass is 372 g/mol. The molecule has 1 fully saturated rings. The summed E-state index contributed by atoms with van der Waals surface area (Å²) in [6.45, 7) is 6.60. The zero-order valence-electron chi connectivity index (χ0n) is 16.2. The van der Waals surface area contributed by atoms with Crippen LogP contribution in [-0.4, -0.2) is 54.3 Å². The van der Waals surface area contributed by atoms with Gasteiger partial charge in [0.15, 0.2) is 0 Å². The molecule has 2 aromatic carbocycles. The Morgan fingerprint density at radius 1 is 1.11 bits per heavy atom. The molecule has 1 heterocycles. The summed E-state index contributed by atoms with van der Waals surface area (Å²) in [5.41, 5.74) is 3.39. The maximum Gasteiger partial charge on any atom is 0.123 e. The first-order valence-corrected chi connectivity index (χ1v) is 9.54. The van der Waals surface area contributed by atoms with E-state index in [0.29, 0.717) is 6.04 Å². The van der Waals surface area contributed by atoms with Crippen LogP contribution in [0.4, 0.5) is 4.39 Å². The summed E-state index contributed by atoms with van der Waals surface area (Å²) < 4.78 is 18.8. The van der Waals surface area contributed by atoms with Gasteiger partial charge in [-0.2, -0.15) is 0 Å². The predicted octanol–water partition coefficient (Wildman–Crippen LogP) is 3.21. The van der Waals surface area contributed by atoms with E-state index in [4.69, 9.17) is 4.74 Å². The number of methoxy groups -OCH3 is 1. The lowest BCUT2D eigenvalue weighted by atomic mass is 10.0. The average Bonchev–Trinajstić information content (AvgIpc) is 2.64. The van der Waals surface area contributed by atoms with Gasteiger partial charge in [0.05, 0.1) is 7.11 Å². The minimum atomic E-state index is -0.187. The van der Waals surface area contributed by atoms with E-state index in [0.717, 1.165) is 56.0 Å². The number of hydrogen-bond acceptors (Lipinski definition) is 4. The summed E-state index contributed by atoms with van der Waals surface area (Å²) >= 11 is 0. The molecule has 0 saturated carbocycles. The van der Waals surface area contributed by atoms with Crippen LogP contribution in [0, 0.1) is 12.7 Å². The first-order chi connectivity index (χ1) is 13.1. The molecule has 2 aromatic rings. The quantitative estimate of drug-likeness (QED) is 0.810. The first-order valence-electron chi connectivity index (χ1n) is 9.54. The van der Waals surface area contributed by atoms with Crippen LogP contribution < -0.4 is 4.74 Å². The van der Waals surface area contributed by atoms with Crippen LogP contribution in [-0.2, 0) is 13.1 Å². The Morgan fingerprint density at radius 3 is 2.63 bits per heavy atom. The number of piperazine rings is 1. The van der Waals surface area contributed by atoms with Crippen LogP contribution >= 0.6 is 0 Å². The molecule has 0 aromatic heterocycles. The summed E-state index contributed by atoms with van der Waals surface area (Å²) in [5, 5.41) is 9.52. The molecular weight excluding hydrogens is 343 g/mol. The number of ether oxygens (including phenoxy) is 1. The van der Waals surface area contributed by atoms with Crippen LogP contribution in [0.5, 0.6) is 5.75 Å². The molecule has 1 atom stereocenters. The third kappa shape index (κ3) is 5.28. The summed E-state index contributed by atoms with van der Waals surface area (Å²) in [6, 6.07) is 13.4. The highest BCUT2D eigenvalue weighted by Crippen LogP contribution is 2.22. The van der Waals surface area contributed by atoms with Crippen molar-refractivity contribution < 1.29 is 14.2 Å². The second-order valence-electron chi connectivity index (χ2n) is 7.31. The van der Waals surface area contributed by atoms with Crippen LogP contribution in [0.3, 0.4) is 0 Å². The van der Waals surface area contributed by atoms with E-state index in [-0.39, 0.29) is 12.4 Å². The SMILES string of the molecule is COc1ccc(CN2CCN(Cc3cccc(F)c3)CC2CCO)cc1C. The second kappa shape index (κ2) is 9.31. The highest BCUT2D eigenvalue weighted by atomic mass is 19.1. The van der Waals surface area contributed by atoms with Gasteiger partial charge in [-0.3, -0.25) is 9.80 Å². The number of benzene rings is 2. The first kappa shape index (κ1) is 19.8. The normalized spacial score (nSPS) is 18.6. The van der Waals surface area contributed by atoms with E-state index >= 15 is 0 Å². The highest BCUT2D eigenvalue weighted by molar-refractivity contribution is 5.36. The van der Waals surface area contributed by atoms with E-state index in [9.17, 15) is 9.50 Å². The molecule has 1 saturated heterocycles. The van der Waals surface area contributed by atoms with Crippen molar-refractivity contribution in [1.82, 2.24) is 9.80 Å². The lowest BCUT2D eigenvalue weighted by Gasteiger charge is -2.41. The molecule has 1 aliphatic rings. The van der Waals surface area contributed by atoms with Crippen LogP contribution in [0.15, 0.2) is 42.5 Å². The zero-order chi connectivity index (χ0) is 19.2. The van der Waals surface area contributed by atoms with Gasteiger partial charge in [0, 0.05) is 45.4 Å². The topological polar surface area (TPSA) is 35.9 Å². The molecule has 0 radical (unpaired) electrons. The molecule has 4 nitrogen and oxygen atoms in total.